The molecule has 1 heterocycles. The van der Waals surface area contributed by atoms with E-state index in [0.717, 1.165) is 4.90 Å². The fourth-order valence-electron chi connectivity index (χ4n) is 4.29. The van der Waals surface area contributed by atoms with Crippen LogP contribution in [0.4, 0.5) is 5.69 Å². The van der Waals surface area contributed by atoms with Gasteiger partial charge < -0.3 is 15.3 Å². The van der Waals surface area contributed by atoms with Gasteiger partial charge in [0.15, 0.2) is 0 Å². The lowest BCUT2D eigenvalue weighted by atomic mass is 9.78. The van der Waals surface area contributed by atoms with Crippen LogP contribution in [0.5, 0.6) is 5.75 Å². The summed E-state index contributed by atoms with van der Waals surface area (Å²) < 4.78 is 0. The van der Waals surface area contributed by atoms with Gasteiger partial charge in [0, 0.05) is 11.8 Å². The SMILES string of the molecule is O=C1[C@@H]2[C@H]3C[C@@H]([C@H](O)[C@H]3O)[C@@H]2C(=O)N1c1ccc(O)cc1. The van der Waals surface area contributed by atoms with Crippen molar-refractivity contribution in [2.75, 3.05) is 4.90 Å². The van der Waals surface area contributed by atoms with Gasteiger partial charge in [-0.05, 0) is 30.7 Å². The minimum Gasteiger partial charge on any atom is -0.508 e. The van der Waals surface area contributed by atoms with E-state index in [-0.39, 0.29) is 29.4 Å². The first-order valence-corrected chi connectivity index (χ1v) is 7.03. The number of carbonyl (C=O) groups excluding carboxylic acids is 2. The number of phenols is 1. The highest BCUT2D eigenvalue weighted by Crippen LogP contribution is 2.56. The molecular weight excluding hydrogens is 274 g/mol. The summed E-state index contributed by atoms with van der Waals surface area (Å²) in [6.45, 7) is 0. The van der Waals surface area contributed by atoms with Gasteiger partial charge in [0.05, 0.1) is 29.7 Å². The molecule has 6 heteroatoms. The van der Waals surface area contributed by atoms with Gasteiger partial charge in [0.25, 0.3) is 0 Å². The quantitative estimate of drug-likeness (QED) is 0.626. The van der Waals surface area contributed by atoms with Gasteiger partial charge in [-0.3, -0.25) is 14.5 Å². The van der Waals surface area contributed by atoms with E-state index in [1.54, 1.807) is 0 Å². The summed E-state index contributed by atoms with van der Waals surface area (Å²) in [5.41, 5.74) is 0.417. The number of phenolic OH excluding ortho intramolecular Hbond substituents is 1. The summed E-state index contributed by atoms with van der Waals surface area (Å²) in [5.74, 6) is -2.31. The lowest BCUT2D eigenvalue weighted by molar-refractivity contribution is -0.129. The summed E-state index contributed by atoms with van der Waals surface area (Å²) in [4.78, 5) is 26.3. The molecule has 6 atom stereocenters. The number of aliphatic hydroxyl groups is 2. The van der Waals surface area contributed by atoms with Crippen molar-refractivity contribution in [3.05, 3.63) is 24.3 Å². The van der Waals surface area contributed by atoms with E-state index in [1.165, 1.54) is 24.3 Å². The first-order valence-electron chi connectivity index (χ1n) is 7.03. The Balaban J connectivity index is 1.73. The predicted octanol–water partition coefficient (Wildman–Crippen LogP) is -0.131. The highest BCUT2D eigenvalue weighted by Gasteiger charge is 2.67. The Bertz CT molecular complexity index is 595. The number of imide groups is 1. The van der Waals surface area contributed by atoms with E-state index in [2.05, 4.69) is 0 Å². The molecule has 6 nitrogen and oxygen atoms in total. The molecule has 0 radical (unpaired) electrons. The number of aliphatic hydroxyl groups excluding tert-OH is 2. The van der Waals surface area contributed by atoms with E-state index in [0.29, 0.717) is 12.1 Å². The van der Waals surface area contributed by atoms with Gasteiger partial charge in [-0.1, -0.05) is 0 Å². The minimum absolute atomic E-state index is 0.0592. The number of aromatic hydroxyl groups is 1. The molecule has 21 heavy (non-hydrogen) atoms. The molecule has 3 fully saturated rings. The van der Waals surface area contributed by atoms with Crippen LogP contribution >= 0.6 is 0 Å². The van der Waals surface area contributed by atoms with Gasteiger partial charge in [-0.15, -0.1) is 0 Å². The average Bonchev–Trinajstić information content (AvgIpc) is 3.06. The van der Waals surface area contributed by atoms with Gasteiger partial charge in [-0.25, -0.2) is 0 Å². The number of fused-ring (bicyclic) bond motifs is 5. The molecule has 2 saturated carbocycles. The molecule has 2 aliphatic carbocycles. The Morgan fingerprint density at radius 2 is 1.38 bits per heavy atom. The fourth-order valence-corrected chi connectivity index (χ4v) is 4.29. The molecule has 0 spiro atoms. The number of hydrogen-bond donors (Lipinski definition) is 3. The number of rotatable bonds is 1. The van der Waals surface area contributed by atoms with Crippen LogP contribution in [-0.2, 0) is 9.59 Å². The van der Waals surface area contributed by atoms with Gasteiger partial charge >= 0.3 is 0 Å². The maximum atomic E-state index is 12.6. The maximum Gasteiger partial charge on any atom is 0.238 e. The molecule has 2 bridgehead atoms. The van der Waals surface area contributed by atoms with Crippen LogP contribution < -0.4 is 4.90 Å². The lowest BCUT2D eigenvalue weighted by Gasteiger charge is -2.29. The van der Waals surface area contributed by atoms with Crippen LogP contribution in [-0.4, -0.2) is 39.3 Å². The Kier molecular flexibility index (Phi) is 2.47. The summed E-state index contributed by atoms with van der Waals surface area (Å²) in [6, 6.07) is 5.87. The molecule has 1 aromatic carbocycles. The van der Waals surface area contributed by atoms with E-state index >= 15 is 0 Å². The second-order valence-electron chi connectivity index (χ2n) is 6.12. The summed E-state index contributed by atoms with van der Waals surface area (Å²) in [6.07, 6.45) is -1.32. The van der Waals surface area contributed by atoms with Gasteiger partial charge in [0.1, 0.15) is 5.75 Å². The second kappa shape index (κ2) is 4.05. The van der Waals surface area contributed by atoms with E-state index in [4.69, 9.17) is 0 Å². The first-order chi connectivity index (χ1) is 10.0. The minimum atomic E-state index is -0.923. The van der Waals surface area contributed by atoms with Crippen molar-refractivity contribution in [2.45, 2.75) is 18.6 Å². The topological polar surface area (TPSA) is 98.1 Å². The molecule has 1 aromatic rings. The predicted molar refractivity (Wildman–Crippen MR) is 71.2 cm³/mol. The summed E-state index contributed by atoms with van der Waals surface area (Å²) in [7, 11) is 0. The Labute approximate surface area is 120 Å². The van der Waals surface area contributed by atoms with E-state index < -0.39 is 24.0 Å². The van der Waals surface area contributed by atoms with Crippen molar-refractivity contribution in [3.63, 3.8) is 0 Å². The Morgan fingerprint density at radius 1 is 0.905 bits per heavy atom. The fraction of sp³-hybridized carbons (Fsp3) is 0.467. The average molecular weight is 289 g/mol. The standard InChI is InChI=1S/C15H15NO5/c17-7-3-1-6(2-4-7)16-14(20)10-8-5-9(11(10)15(16)21)13(19)12(8)18/h1-4,8-13,17-19H,5H2/t8-,9-,10-,11+,12+,13+/m1/s1. The third-order valence-corrected chi connectivity index (χ3v) is 5.20. The van der Waals surface area contributed by atoms with Crippen molar-refractivity contribution >= 4 is 17.5 Å². The zero-order valence-corrected chi connectivity index (χ0v) is 11.1. The van der Waals surface area contributed by atoms with Crippen molar-refractivity contribution in [3.8, 4) is 5.75 Å². The van der Waals surface area contributed by atoms with Crippen LogP contribution in [0.25, 0.3) is 0 Å². The van der Waals surface area contributed by atoms with Crippen molar-refractivity contribution in [2.24, 2.45) is 23.7 Å². The molecule has 1 aliphatic heterocycles. The molecule has 0 unspecified atom stereocenters. The molecule has 0 aromatic heterocycles. The van der Waals surface area contributed by atoms with E-state index in [1.807, 2.05) is 0 Å². The van der Waals surface area contributed by atoms with Crippen LogP contribution in [0.15, 0.2) is 24.3 Å². The number of anilines is 1. The third kappa shape index (κ3) is 1.49. The zero-order valence-electron chi connectivity index (χ0n) is 11.1. The largest absolute Gasteiger partial charge is 0.508 e. The number of amides is 2. The second-order valence-corrected chi connectivity index (χ2v) is 6.12. The zero-order chi connectivity index (χ0) is 14.9. The first kappa shape index (κ1) is 12.8. The van der Waals surface area contributed by atoms with Gasteiger partial charge in [-0.2, -0.15) is 0 Å². The maximum absolute atomic E-state index is 12.6. The molecule has 4 rings (SSSR count). The Hall–Kier alpha value is -1.92. The van der Waals surface area contributed by atoms with Gasteiger partial charge in [0.2, 0.25) is 11.8 Å². The van der Waals surface area contributed by atoms with Crippen LogP contribution in [0.2, 0.25) is 0 Å². The molecular formula is C15H15NO5. The number of hydrogen-bond acceptors (Lipinski definition) is 5. The molecule has 2 amide bonds. The third-order valence-electron chi connectivity index (χ3n) is 5.20. The smallest absolute Gasteiger partial charge is 0.238 e. The van der Waals surface area contributed by atoms with Crippen LogP contribution in [0.1, 0.15) is 6.42 Å². The van der Waals surface area contributed by atoms with E-state index in [9.17, 15) is 24.9 Å². The number of nitrogens with zero attached hydrogens (tertiary/aromatic N) is 1. The highest BCUT2D eigenvalue weighted by atomic mass is 16.3. The number of carbonyl (C=O) groups is 2. The monoisotopic (exact) mass is 289 g/mol. The summed E-state index contributed by atoms with van der Waals surface area (Å²) in [5, 5.41) is 29.2. The normalized spacial score (nSPS) is 41.0. The van der Waals surface area contributed by atoms with Crippen molar-refractivity contribution in [1.29, 1.82) is 0 Å². The van der Waals surface area contributed by atoms with Crippen molar-refractivity contribution < 1.29 is 24.9 Å². The van der Waals surface area contributed by atoms with Crippen molar-refractivity contribution in [1.82, 2.24) is 0 Å². The van der Waals surface area contributed by atoms with Crippen LogP contribution in [0.3, 0.4) is 0 Å². The molecule has 3 N–H and O–H groups in total. The molecule has 3 aliphatic rings. The Morgan fingerprint density at radius 3 is 1.86 bits per heavy atom. The molecule has 1 saturated heterocycles. The van der Waals surface area contributed by atoms with Crippen LogP contribution in [0, 0.1) is 23.7 Å². The highest BCUT2D eigenvalue weighted by molar-refractivity contribution is 6.22. The molecule has 110 valence electrons. The number of benzene rings is 1. The summed E-state index contributed by atoms with van der Waals surface area (Å²) >= 11 is 0. The lowest BCUT2D eigenvalue weighted by Crippen LogP contribution is -2.43.